The number of ether oxygens (including phenoxy) is 1. The molecule has 142 valence electrons. The fraction of sp³-hybridized carbons (Fsp3) is 0.364. The van der Waals surface area contributed by atoms with Gasteiger partial charge in [0.25, 0.3) is 11.8 Å². The average Bonchev–Trinajstić information content (AvgIpc) is 2.67. The first-order chi connectivity index (χ1) is 13.0. The normalized spacial score (nSPS) is 14.7. The number of piperidine rings is 1. The minimum atomic E-state index is -0.0411. The lowest BCUT2D eigenvalue weighted by Crippen LogP contribution is -2.47. The lowest BCUT2D eigenvalue weighted by molar-refractivity contribution is -0.134. The predicted octanol–water partition coefficient (Wildman–Crippen LogP) is 3.10. The predicted molar refractivity (Wildman–Crippen MR) is 105 cm³/mol. The van der Waals surface area contributed by atoms with Crippen LogP contribution in [0, 0.1) is 13.8 Å². The third-order valence-electron chi connectivity index (χ3n) is 4.92. The molecular formula is C22H26N2O3. The number of aryl methyl sites for hydroxylation is 2. The largest absolute Gasteiger partial charge is 0.484 e. The fourth-order valence-corrected chi connectivity index (χ4v) is 3.31. The van der Waals surface area contributed by atoms with Gasteiger partial charge in [0.15, 0.2) is 6.61 Å². The van der Waals surface area contributed by atoms with Crippen molar-refractivity contribution in [3.8, 4) is 5.75 Å². The van der Waals surface area contributed by atoms with Crippen LogP contribution in [0.1, 0.15) is 34.3 Å². The highest BCUT2D eigenvalue weighted by molar-refractivity contribution is 5.95. The van der Waals surface area contributed by atoms with Gasteiger partial charge in [-0.3, -0.25) is 9.59 Å². The summed E-state index contributed by atoms with van der Waals surface area (Å²) in [4.78, 5) is 26.6. The monoisotopic (exact) mass is 366 g/mol. The third kappa shape index (κ3) is 5.09. The topological polar surface area (TPSA) is 58.6 Å². The van der Waals surface area contributed by atoms with Crippen molar-refractivity contribution >= 4 is 11.8 Å². The number of benzene rings is 2. The second-order valence-electron chi connectivity index (χ2n) is 7.05. The van der Waals surface area contributed by atoms with Crippen molar-refractivity contribution < 1.29 is 14.3 Å². The molecule has 1 N–H and O–H groups in total. The maximum atomic E-state index is 12.4. The highest BCUT2D eigenvalue weighted by Gasteiger charge is 2.24. The molecular weight excluding hydrogens is 340 g/mol. The van der Waals surface area contributed by atoms with E-state index in [1.807, 2.05) is 67.3 Å². The molecule has 1 saturated heterocycles. The molecule has 1 aliphatic rings. The van der Waals surface area contributed by atoms with Crippen LogP contribution < -0.4 is 10.1 Å². The highest BCUT2D eigenvalue weighted by Crippen LogP contribution is 2.15. The van der Waals surface area contributed by atoms with Gasteiger partial charge in [-0.05, 0) is 56.0 Å². The minimum absolute atomic E-state index is 0.0137. The van der Waals surface area contributed by atoms with Gasteiger partial charge in [-0.1, -0.05) is 30.3 Å². The Kier molecular flexibility index (Phi) is 6.12. The molecule has 0 bridgehead atoms. The molecule has 2 amide bonds. The first kappa shape index (κ1) is 19.0. The van der Waals surface area contributed by atoms with Gasteiger partial charge >= 0.3 is 0 Å². The van der Waals surface area contributed by atoms with E-state index in [2.05, 4.69) is 5.32 Å². The molecule has 0 saturated carbocycles. The summed E-state index contributed by atoms with van der Waals surface area (Å²) in [6, 6.07) is 15.3. The van der Waals surface area contributed by atoms with Gasteiger partial charge in [-0.2, -0.15) is 0 Å². The van der Waals surface area contributed by atoms with Gasteiger partial charge in [0.1, 0.15) is 5.75 Å². The second kappa shape index (κ2) is 8.71. The summed E-state index contributed by atoms with van der Waals surface area (Å²) >= 11 is 0. The van der Waals surface area contributed by atoms with Gasteiger partial charge in [-0.25, -0.2) is 0 Å². The molecule has 0 aromatic heterocycles. The van der Waals surface area contributed by atoms with Crippen LogP contribution in [0.5, 0.6) is 5.75 Å². The summed E-state index contributed by atoms with van der Waals surface area (Å²) in [6.07, 6.45) is 1.52. The van der Waals surface area contributed by atoms with Crippen LogP contribution in [-0.4, -0.2) is 42.5 Å². The Labute approximate surface area is 160 Å². The Hall–Kier alpha value is -2.82. The van der Waals surface area contributed by atoms with Crippen LogP contribution >= 0.6 is 0 Å². The first-order valence-electron chi connectivity index (χ1n) is 9.36. The number of hydrogen-bond acceptors (Lipinski definition) is 3. The maximum Gasteiger partial charge on any atom is 0.260 e. The van der Waals surface area contributed by atoms with E-state index < -0.39 is 0 Å². The third-order valence-corrected chi connectivity index (χ3v) is 4.92. The molecule has 2 aromatic carbocycles. The molecule has 0 unspecified atom stereocenters. The zero-order valence-corrected chi connectivity index (χ0v) is 15.9. The van der Waals surface area contributed by atoms with Crippen LogP contribution in [0.2, 0.25) is 0 Å². The zero-order chi connectivity index (χ0) is 19.2. The van der Waals surface area contributed by atoms with Crippen LogP contribution in [0.25, 0.3) is 0 Å². The maximum absolute atomic E-state index is 12.4. The fourth-order valence-electron chi connectivity index (χ4n) is 3.31. The smallest absolute Gasteiger partial charge is 0.260 e. The van der Waals surface area contributed by atoms with Crippen molar-refractivity contribution in [3.05, 3.63) is 65.2 Å². The van der Waals surface area contributed by atoms with Gasteiger partial charge in [0.05, 0.1) is 0 Å². The van der Waals surface area contributed by atoms with E-state index in [0.29, 0.717) is 24.4 Å². The standard InChI is InChI=1S/C22H26N2O3/c1-16-6-5-8-19(14-16)27-15-21(25)24-12-10-18(11-13-24)23-22(26)20-9-4-3-7-17(20)2/h3-9,14,18H,10-13,15H2,1-2H3,(H,23,26). The molecule has 2 aromatic rings. The molecule has 1 aliphatic heterocycles. The van der Waals surface area contributed by atoms with E-state index in [9.17, 15) is 9.59 Å². The van der Waals surface area contributed by atoms with Crippen molar-refractivity contribution in [1.29, 1.82) is 0 Å². The Balaban J connectivity index is 1.45. The Morgan fingerprint density at radius 3 is 2.52 bits per heavy atom. The van der Waals surface area contributed by atoms with Crippen LogP contribution in [0.15, 0.2) is 48.5 Å². The van der Waals surface area contributed by atoms with Crippen LogP contribution in [-0.2, 0) is 4.79 Å². The summed E-state index contributed by atoms with van der Waals surface area (Å²) in [5.41, 5.74) is 2.78. The van der Waals surface area contributed by atoms with Crippen molar-refractivity contribution in [2.45, 2.75) is 32.7 Å². The second-order valence-corrected chi connectivity index (χ2v) is 7.05. The van der Waals surface area contributed by atoms with Crippen molar-refractivity contribution in [2.75, 3.05) is 19.7 Å². The number of carbonyl (C=O) groups is 2. The first-order valence-corrected chi connectivity index (χ1v) is 9.36. The minimum Gasteiger partial charge on any atom is -0.484 e. The van der Waals surface area contributed by atoms with E-state index in [-0.39, 0.29) is 24.5 Å². The van der Waals surface area contributed by atoms with E-state index in [1.165, 1.54) is 0 Å². The summed E-state index contributed by atoms with van der Waals surface area (Å²) in [7, 11) is 0. The van der Waals surface area contributed by atoms with E-state index in [4.69, 9.17) is 4.74 Å². The molecule has 5 heteroatoms. The van der Waals surface area contributed by atoms with E-state index in [0.717, 1.165) is 24.0 Å². The van der Waals surface area contributed by atoms with Crippen molar-refractivity contribution in [1.82, 2.24) is 10.2 Å². The molecule has 0 spiro atoms. The SMILES string of the molecule is Cc1cccc(OCC(=O)N2CCC(NC(=O)c3ccccc3C)CC2)c1. The van der Waals surface area contributed by atoms with Gasteiger partial charge in [-0.15, -0.1) is 0 Å². The quantitative estimate of drug-likeness (QED) is 0.885. The van der Waals surface area contributed by atoms with E-state index >= 15 is 0 Å². The number of amides is 2. The number of likely N-dealkylation sites (tertiary alicyclic amines) is 1. The van der Waals surface area contributed by atoms with E-state index in [1.54, 1.807) is 0 Å². The lowest BCUT2D eigenvalue weighted by atomic mass is 10.0. The highest BCUT2D eigenvalue weighted by atomic mass is 16.5. The Morgan fingerprint density at radius 1 is 1.07 bits per heavy atom. The number of carbonyl (C=O) groups excluding carboxylic acids is 2. The zero-order valence-electron chi connectivity index (χ0n) is 15.9. The summed E-state index contributed by atoms with van der Waals surface area (Å²) < 4.78 is 5.60. The van der Waals surface area contributed by atoms with Gasteiger partial charge in [0, 0.05) is 24.7 Å². The summed E-state index contributed by atoms with van der Waals surface area (Å²) in [6.45, 7) is 5.24. The molecule has 1 fully saturated rings. The molecule has 0 aliphatic carbocycles. The number of nitrogens with zero attached hydrogens (tertiary/aromatic N) is 1. The molecule has 0 radical (unpaired) electrons. The average molecular weight is 366 g/mol. The molecule has 0 atom stereocenters. The number of hydrogen-bond donors (Lipinski definition) is 1. The van der Waals surface area contributed by atoms with Crippen LogP contribution in [0.3, 0.4) is 0 Å². The lowest BCUT2D eigenvalue weighted by Gasteiger charge is -2.32. The van der Waals surface area contributed by atoms with Gasteiger partial charge < -0.3 is 15.0 Å². The van der Waals surface area contributed by atoms with Crippen molar-refractivity contribution in [2.24, 2.45) is 0 Å². The number of rotatable bonds is 5. The summed E-state index contributed by atoms with van der Waals surface area (Å²) in [5.74, 6) is 0.657. The Bertz CT molecular complexity index is 811. The number of nitrogens with one attached hydrogen (secondary N) is 1. The summed E-state index contributed by atoms with van der Waals surface area (Å²) in [5, 5.41) is 3.09. The molecule has 3 rings (SSSR count). The van der Waals surface area contributed by atoms with Gasteiger partial charge in [0.2, 0.25) is 0 Å². The molecule has 1 heterocycles. The van der Waals surface area contributed by atoms with Crippen molar-refractivity contribution in [3.63, 3.8) is 0 Å². The van der Waals surface area contributed by atoms with Crippen LogP contribution in [0.4, 0.5) is 0 Å². The molecule has 5 nitrogen and oxygen atoms in total. The molecule has 27 heavy (non-hydrogen) atoms. The Morgan fingerprint density at radius 2 is 1.81 bits per heavy atom.